The zero-order valence-corrected chi connectivity index (χ0v) is 16.9. The second kappa shape index (κ2) is 9.45. The summed E-state index contributed by atoms with van der Waals surface area (Å²) in [5.74, 6) is 1.20. The van der Waals surface area contributed by atoms with E-state index in [1.165, 1.54) is 11.1 Å². The molecule has 1 N–H and O–H groups in total. The predicted molar refractivity (Wildman–Crippen MR) is 109 cm³/mol. The summed E-state index contributed by atoms with van der Waals surface area (Å²) in [5.41, 5.74) is 2.73. The molecule has 1 amide bonds. The Labute approximate surface area is 175 Å². The van der Waals surface area contributed by atoms with Crippen molar-refractivity contribution < 1.29 is 9.53 Å². The third kappa shape index (κ3) is 5.18. The normalized spacial score (nSPS) is 14.7. The first-order chi connectivity index (χ1) is 14.7. The molecule has 1 aliphatic rings. The Kier molecular flexibility index (Phi) is 6.29. The molecule has 0 aliphatic carbocycles. The van der Waals surface area contributed by atoms with Crippen molar-refractivity contribution in [3.05, 3.63) is 65.7 Å². The Morgan fingerprint density at radius 1 is 1.23 bits per heavy atom. The lowest BCUT2D eigenvalue weighted by molar-refractivity contribution is -0.122. The molecule has 3 heterocycles. The molecule has 0 saturated heterocycles. The molecule has 30 heavy (non-hydrogen) atoms. The molecule has 1 unspecified atom stereocenters. The summed E-state index contributed by atoms with van der Waals surface area (Å²) >= 11 is 0. The SMILES string of the molecule is CC(CNC(=O)Cn1nnnc1CN1CCc2ccccc2C1)Oc1cccnc1. The topological polar surface area (TPSA) is 98.1 Å². The van der Waals surface area contributed by atoms with Crippen LogP contribution in [0.2, 0.25) is 0 Å². The van der Waals surface area contributed by atoms with E-state index in [0.29, 0.717) is 24.7 Å². The van der Waals surface area contributed by atoms with E-state index in [-0.39, 0.29) is 18.6 Å². The van der Waals surface area contributed by atoms with Gasteiger partial charge in [0.25, 0.3) is 0 Å². The van der Waals surface area contributed by atoms with Gasteiger partial charge >= 0.3 is 0 Å². The van der Waals surface area contributed by atoms with Crippen LogP contribution in [0, 0.1) is 0 Å². The molecule has 0 fully saturated rings. The molecule has 9 heteroatoms. The van der Waals surface area contributed by atoms with Crippen molar-refractivity contribution in [2.24, 2.45) is 0 Å². The summed E-state index contributed by atoms with van der Waals surface area (Å²) < 4.78 is 7.28. The highest BCUT2D eigenvalue weighted by atomic mass is 16.5. The van der Waals surface area contributed by atoms with Gasteiger partial charge in [-0.25, -0.2) is 4.68 Å². The van der Waals surface area contributed by atoms with Crippen molar-refractivity contribution in [3.63, 3.8) is 0 Å². The summed E-state index contributed by atoms with van der Waals surface area (Å²) in [6.45, 7) is 4.76. The smallest absolute Gasteiger partial charge is 0.242 e. The number of hydrogen-bond acceptors (Lipinski definition) is 7. The number of carbonyl (C=O) groups excluding carboxylic acids is 1. The second-order valence-corrected chi connectivity index (χ2v) is 7.40. The van der Waals surface area contributed by atoms with Gasteiger partial charge < -0.3 is 10.1 Å². The molecule has 2 aromatic heterocycles. The molecule has 156 valence electrons. The minimum atomic E-state index is -0.181. The largest absolute Gasteiger partial charge is 0.487 e. The number of hydrogen-bond donors (Lipinski definition) is 1. The van der Waals surface area contributed by atoms with E-state index in [0.717, 1.165) is 19.5 Å². The van der Waals surface area contributed by atoms with Gasteiger partial charge in [0.15, 0.2) is 5.82 Å². The molecular formula is C21H25N7O2. The zero-order chi connectivity index (χ0) is 20.8. The fourth-order valence-electron chi connectivity index (χ4n) is 3.49. The molecule has 1 atom stereocenters. The fourth-order valence-corrected chi connectivity index (χ4v) is 3.49. The van der Waals surface area contributed by atoms with Crippen LogP contribution in [0.25, 0.3) is 0 Å². The maximum absolute atomic E-state index is 12.4. The van der Waals surface area contributed by atoms with Gasteiger partial charge in [0.2, 0.25) is 5.91 Å². The summed E-state index contributed by atoms with van der Waals surface area (Å²) in [6, 6.07) is 12.1. The number of pyridine rings is 1. The van der Waals surface area contributed by atoms with Crippen LogP contribution in [0.5, 0.6) is 5.75 Å². The van der Waals surface area contributed by atoms with Gasteiger partial charge in [-0.2, -0.15) is 0 Å². The monoisotopic (exact) mass is 407 g/mol. The highest BCUT2D eigenvalue weighted by Crippen LogP contribution is 2.19. The van der Waals surface area contributed by atoms with E-state index in [2.05, 4.69) is 55.0 Å². The number of fused-ring (bicyclic) bond motifs is 1. The summed E-state index contributed by atoms with van der Waals surface area (Å²) in [7, 11) is 0. The average molecular weight is 407 g/mol. The van der Waals surface area contributed by atoms with E-state index in [9.17, 15) is 4.79 Å². The van der Waals surface area contributed by atoms with E-state index in [4.69, 9.17) is 4.74 Å². The maximum atomic E-state index is 12.4. The van der Waals surface area contributed by atoms with Crippen molar-refractivity contribution in [1.29, 1.82) is 0 Å². The van der Waals surface area contributed by atoms with Gasteiger partial charge in [0.05, 0.1) is 19.3 Å². The standard InChI is InChI=1S/C21H25N7O2/c1-16(30-19-7-4-9-22-12-19)11-23-21(29)15-28-20(24-25-26-28)14-27-10-8-17-5-2-3-6-18(17)13-27/h2-7,9,12,16H,8,10-11,13-15H2,1H3,(H,23,29). The van der Waals surface area contributed by atoms with Gasteiger partial charge in [-0.1, -0.05) is 24.3 Å². The molecular weight excluding hydrogens is 382 g/mol. The fraction of sp³-hybridized carbons (Fsp3) is 0.381. The van der Waals surface area contributed by atoms with Crippen molar-refractivity contribution in [2.75, 3.05) is 13.1 Å². The van der Waals surface area contributed by atoms with Gasteiger partial charge in [-0.05, 0) is 47.0 Å². The molecule has 1 aromatic carbocycles. The quantitative estimate of drug-likeness (QED) is 0.599. The summed E-state index contributed by atoms with van der Waals surface area (Å²) in [5, 5.41) is 14.7. The lowest BCUT2D eigenvalue weighted by Crippen LogP contribution is -2.36. The Balaban J connectivity index is 1.27. The van der Waals surface area contributed by atoms with E-state index in [1.807, 2.05) is 13.0 Å². The summed E-state index contributed by atoms with van der Waals surface area (Å²) in [4.78, 5) is 18.7. The Bertz CT molecular complexity index is 976. The lowest BCUT2D eigenvalue weighted by atomic mass is 10.00. The minimum absolute atomic E-state index is 0.0758. The first-order valence-electron chi connectivity index (χ1n) is 10.0. The number of ether oxygens (including phenoxy) is 1. The Hall–Kier alpha value is -3.33. The molecule has 9 nitrogen and oxygen atoms in total. The first-order valence-corrected chi connectivity index (χ1v) is 10.0. The molecule has 4 rings (SSSR count). The van der Waals surface area contributed by atoms with E-state index < -0.39 is 0 Å². The van der Waals surface area contributed by atoms with E-state index in [1.54, 1.807) is 23.1 Å². The third-order valence-corrected chi connectivity index (χ3v) is 5.03. The Morgan fingerprint density at radius 2 is 2.10 bits per heavy atom. The summed E-state index contributed by atoms with van der Waals surface area (Å²) in [6.07, 6.45) is 4.16. The number of benzene rings is 1. The number of rotatable bonds is 8. The van der Waals surface area contributed by atoms with Crippen LogP contribution in [0.15, 0.2) is 48.8 Å². The number of nitrogens with one attached hydrogen (secondary N) is 1. The van der Waals surface area contributed by atoms with Crippen LogP contribution in [0.1, 0.15) is 23.9 Å². The molecule has 0 saturated carbocycles. The van der Waals surface area contributed by atoms with Crippen LogP contribution in [0.4, 0.5) is 0 Å². The maximum Gasteiger partial charge on any atom is 0.242 e. The molecule has 1 aliphatic heterocycles. The van der Waals surface area contributed by atoms with Gasteiger partial charge in [0.1, 0.15) is 18.4 Å². The molecule has 3 aromatic rings. The van der Waals surface area contributed by atoms with Gasteiger partial charge in [-0.3, -0.25) is 14.7 Å². The van der Waals surface area contributed by atoms with Crippen molar-refractivity contribution in [1.82, 2.24) is 35.4 Å². The highest BCUT2D eigenvalue weighted by molar-refractivity contribution is 5.75. The first kappa shape index (κ1) is 20.0. The van der Waals surface area contributed by atoms with Crippen LogP contribution in [-0.4, -0.2) is 55.2 Å². The predicted octanol–water partition coefficient (Wildman–Crippen LogP) is 1.21. The van der Waals surface area contributed by atoms with E-state index >= 15 is 0 Å². The van der Waals surface area contributed by atoms with Gasteiger partial charge in [0, 0.05) is 19.3 Å². The average Bonchev–Trinajstić information content (AvgIpc) is 3.19. The van der Waals surface area contributed by atoms with Crippen molar-refractivity contribution in [2.45, 2.75) is 39.1 Å². The number of tetrazole rings is 1. The molecule has 0 spiro atoms. The van der Waals surface area contributed by atoms with Crippen LogP contribution < -0.4 is 10.1 Å². The van der Waals surface area contributed by atoms with Gasteiger partial charge in [-0.15, -0.1) is 5.10 Å². The highest BCUT2D eigenvalue weighted by Gasteiger charge is 2.19. The minimum Gasteiger partial charge on any atom is -0.487 e. The number of carbonyl (C=O) groups is 1. The number of nitrogens with zero attached hydrogens (tertiary/aromatic N) is 6. The molecule has 0 radical (unpaired) electrons. The zero-order valence-electron chi connectivity index (χ0n) is 16.9. The third-order valence-electron chi connectivity index (χ3n) is 5.03. The second-order valence-electron chi connectivity index (χ2n) is 7.40. The lowest BCUT2D eigenvalue weighted by Gasteiger charge is -2.28. The molecule has 0 bridgehead atoms. The van der Waals surface area contributed by atoms with Crippen LogP contribution in [0.3, 0.4) is 0 Å². The van der Waals surface area contributed by atoms with Crippen LogP contribution >= 0.6 is 0 Å². The van der Waals surface area contributed by atoms with Crippen LogP contribution in [-0.2, 0) is 30.8 Å². The Morgan fingerprint density at radius 3 is 2.93 bits per heavy atom. The van der Waals surface area contributed by atoms with Crippen molar-refractivity contribution in [3.8, 4) is 5.75 Å². The number of aromatic nitrogens is 5. The number of amides is 1. The van der Waals surface area contributed by atoms with Crippen molar-refractivity contribution >= 4 is 5.91 Å².